The molecule has 0 amide bonds. The molecule has 2 unspecified atom stereocenters. The maximum absolute atomic E-state index is 5.49. The predicted molar refractivity (Wildman–Crippen MR) is 80.4 cm³/mol. The highest BCUT2D eigenvalue weighted by molar-refractivity contribution is 5.24. The van der Waals surface area contributed by atoms with Gasteiger partial charge in [-0.2, -0.15) is 0 Å². The largest absolute Gasteiger partial charge is 0.381 e. The standard InChI is InChI=1S/C17H27NO/c1-12(2)14-8-6-13(7-9-14)11-18-15-10-16(19-5)17(15,3)4/h6-9,12,15-16,18H,10-11H2,1-5H3. The molecule has 0 aromatic heterocycles. The average Bonchev–Trinajstić information content (AvgIpc) is 2.38. The highest BCUT2D eigenvalue weighted by Gasteiger charge is 2.48. The third-order valence-electron chi connectivity index (χ3n) is 4.66. The van der Waals surface area contributed by atoms with Crippen LogP contribution in [0.2, 0.25) is 0 Å². The maximum atomic E-state index is 5.49. The van der Waals surface area contributed by atoms with Gasteiger partial charge in [0.05, 0.1) is 6.10 Å². The van der Waals surface area contributed by atoms with Crippen molar-refractivity contribution >= 4 is 0 Å². The van der Waals surface area contributed by atoms with Gasteiger partial charge in [-0.05, 0) is 23.5 Å². The SMILES string of the molecule is COC1CC(NCc2ccc(C(C)C)cc2)C1(C)C. The zero-order valence-corrected chi connectivity index (χ0v) is 12.9. The summed E-state index contributed by atoms with van der Waals surface area (Å²) >= 11 is 0. The zero-order valence-electron chi connectivity index (χ0n) is 12.9. The van der Waals surface area contributed by atoms with Crippen molar-refractivity contribution < 1.29 is 4.74 Å². The summed E-state index contributed by atoms with van der Waals surface area (Å²) in [6.07, 6.45) is 1.52. The van der Waals surface area contributed by atoms with Gasteiger partial charge in [0.1, 0.15) is 0 Å². The van der Waals surface area contributed by atoms with Gasteiger partial charge in [0.25, 0.3) is 0 Å². The summed E-state index contributed by atoms with van der Waals surface area (Å²) in [6, 6.07) is 9.52. The molecule has 1 saturated carbocycles. The molecule has 1 aliphatic rings. The molecule has 1 aromatic carbocycles. The first kappa shape index (κ1) is 14.5. The average molecular weight is 261 g/mol. The van der Waals surface area contributed by atoms with Crippen molar-refractivity contribution in [2.24, 2.45) is 5.41 Å². The lowest BCUT2D eigenvalue weighted by molar-refractivity contribution is -0.0979. The number of methoxy groups -OCH3 is 1. The number of ether oxygens (including phenoxy) is 1. The van der Waals surface area contributed by atoms with E-state index in [-0.39, 0.29) is 5.41 Å². The molecule has 19 heavy (non-hydrogen) atoms. The Morgan fingerprint density at radius 1 is 1.26 bits per heavy atom. The number of nitrogens with one attached hydrogen (secondary N) is 1. The summed E-state index contributed by atoms with van der Waals surface area (Å²) in [5.41, 5.74) is 3.01. The smallest absolute Gasteiger partial charge is 0.0652 e. The molecule has 0 aliphatic heterocycles. The molecule has 1 fully saturated rings. The Bertz CT molecular complexity index is 408. The molecule has 2 rings (SSSR count). The first-order chi connectivity index (χ1) is 8.95. The van der Waals surface area contributed by atoms with E-state index in [0.29, 0.717) is 18.1 Å². The first-order valence-electron chi connectivity index (χ1n) is 7.30. The fraction of sp³-hybridized carbons (Fsp3) is 0.647. The number of hydrogen-bond donors (Lipinski definition) is 1. The Balaban J connectivity index is 1.86. The van der Waals surface area contributed by atoms with Crippen LogP contribution in [-0.2, 0) is 11.3 Å². The highest BCUT2D eigenvalue weighted by atomic mass is 16.5. The first-order valence-corrected chi connectivity index (χ1v) is 7.30. The lowest BCUT2D eigenvalue weighted by Gasteiger charge is -2.51. The maximum Gasteiger partial charge on any atom is 0.0652 e. The summed E-state index contributed by atoms with van der Waals surface area (Å²) in [4.78, 5) is 0. The third-order valence-corrected chi connectivity index (χ3v) is 4.66. The van der Waals surface area contributed by atoms with E-state index in [1.807, 2.05) is 7.11 Å². The minimum Gasteiger partial charge on any atom is -0.381 e. The minimum absolute atomic E-state index is 0.243. The van der Waals surface area contributed by atoms with Gasteiger partial charge in [0.2, 0.25) is 0 Å². The molecule has 0 radical (unpaired) electrons. The molecule has 1 N–H and O–H groups in total. The van der Waals surface area contributed by atoms with E-state index in [2.05, 4.69) is 57.3 Å². The van der Waals surface area contributed by atoms with Crippen LogP contribution >= 0.6 is 0 Å². The molecule has 0 saturated heterocycles. The third kappa shape index (κ3) is 3.01. The summed E-state index contributed by atoms with van der Waals surface area (Å²) in [6.45, 7) is 9.97. The van der Waals surface area contributed by atoms with Gasteiger partial charge < -0.3 is 10.1 Å². The fourth-order valence-electron chi connectivity index (χ4n) is 2.89. The molecular weight excluding hydrogens is 234 g/mol. The van der Waals surface area contributed by atoms with Gasteiger partial charge >= 0.3 is 0 Å². The molecule has 0 spiro atoms. The quantitative estimate of drug-likeness (QED) is 0.872. The van der Waals surface area contributed by atoms with E-state index >= 15 is 0 Å². The molecule has 2 atom stereocenters. The van der Waals surface area contributed by atoms with Crippen LogP contribution in [0, 0.1) is 5.41 Å². The van der Waals surface area contributed by atoms with E-state index in [4.69, 9.17) is 4.74 Å². The molecule has 2 nitrogen and oxygen atoms in total. The van der Waals surface area contributed by atoms with E-state index < -0.39 is 0 Å². The van der Waals surface area contributed by atoms with Crippen LogP contribution in [0.5, 0.6) is 0 Å². The molecule has 0 heterocycles. The Morgan fingerprint density at radius 3 is 2.37 bits per heavy atom. The topological polar surface area (TPSA) is 21.3 Å². The van der Waals surface area contributed by atoms with Crippen molar-refractivity contribution in [2.75, 3.05) is 7.11 Å². The summed E-state index contributed by atoms with van der Waals surface area (Å²) < 4.78 is 5.49. The van der Waals surface area contributed by atoms with Crippen molar-refractivity contribution in [3.63, 3.8) is 0 Å². The van der Waals surface area contributed by atoms with E-state index in [9.17, 15) is 0 Å². The van der Waals surface area contributed by atoms with E-state index in [1.54, 1.807) is 0 Å². The van der Waals surface area contributed by atoms with Gasteiger partial charge in [0.15, 0.2) is 0 Å². The Labute approximate surface area is 117 Å². The number of benzene rings is 1. The van der Waals surface area contributed by atoms with Crippen LogP contribution in [0.3, 0.4) is 0 Å². The summed E-state index contributed by atoms with van der Waals surface area (Å²) in [7, 11) is 1.81. The Kier molecular flexibility index (Phi) is 4.32. The van der Waals surface area contributed by atoms with E-state index in [0.717, 1.165) is 13.0 Å². The highest BCUT2D eigenvalue weighted by Crippen LogP contribution is 2.42. The fourth-order valence-corrected chi connectivity index (χ4v) is 2.89. The zero-order chi connectivity index (χ0) is 14.0. The monoisotopic (exact) mass is 261 g/mol. The van der Waals surface area contributed by atoms with Crippen molar-refractivity contribution in [1.29, 1.82) is 0 Å². The van der Waals surface area contributed by atoms with Crippen molar-refractivity contribution in [3.05, 3.63) is 35.4 Å². The van der Waals surface area contributed by atoms with Gasteiger partial charge in [-0.1, -0.05) is 52.0 Å². The summed E-state index contributed by atoms with van der Waals surface area (Å²) in [5.74, 6) is 0.607. The number of hydrogen-bond acceptors (Lipinski definition) is 2. The molecule has 0 bridgehead atoms. The second kappa shape index (κ2) is 5.64. The van der Waals surface area contributed by atoms with Gasteiger partial charge in [0, 0.05) is 25.1 Å². The van der Waals surface area contributed by atoms with Crippen LogP contribution in [0.15, 0.2) is 24.3 Å². The number of rotatable bonds is 5. The van der Waals surface area contributed by atoms with Crippen LogP contribution in [0.4, 0.5) is 0 Å². The van der Waals surface area contributed by atoms with Gasteiger partial charge in [-0.15, -0.1) is 0 Å². The molecule has 1 aromatic rings. The minimum atomic E-state index is 0.243. The van der Waals surface area contributed by atoms with Gasteiger partial charge in [-0.25, -0.2) is 0 Å². The Morgan fingerprint density at radius 2 is 1.89 bits per heavy atom. The van der Waals surface area contributed by atoms with Crippen molar-refractivity contribution in [3.8, 4) is 0 Å². The lowest BCUT2D eigenvalue weighted by atomic mass is 9.64. The van der Waals surface area contributed by atoms with Crippen LogP contribution in [-0.4, -0.2) is 19.3 Å². The predicted octanol–water partition coefficient (Wildman–Crippen LogP) is 3.71. The Hall–Kier alpha value is -0.860. The molecule has 1 aliphatic carbocycles. The second-order valence-electron chi connectivity index (χ2n) is 6.61. The lowest BCUT2D eigenvalue weighted by Crippen LogP contribution is -2.60. The van der Waals surface area contributed by atoms with Crippen LogP contribution in [0.1, 0.15) is 51.2 Å². The van der Waals surface area contributed by atoms with Crippen LogP contribution in [0.25, 0.3) is 0 Å². The van der Waals surface area contributed by atoms with Crippen molar-refractivity contribution in [1.82, 2.24) is 5.32 Å². The van der Waals surface area contributed by atoms with Crippen molar-refractivity contribution in [2.45, 2.75) is 58.7 Å². The molecule has 2 heteroatoms. The van der Waals surface area contributed by atoms with Crippen LogP contribution < -0.4 is 5.32 Å². The molecule has 106 valence electrons. The summed E-state index contributed by atoms with van der Waals surface area (Å²) in [5, 5.41) is 3.66. The van der Waals surface area contributed by atoms with E-state index in [1.165, 1.54) is 11.1 Å². The molecular formula is C17H27NO. The van der Waals surface area contributed by atoms with Gasteiger partial charge in [-0.3, -0.25) is 0 Å². The normalized spacial score (nSPS) is 25.4. The second-order valence-corrected chi connectivity index (χ2v) is 6.61.